The summed E-state index contributed by atoms with van der Waals surface area (Å²) in [5.41, 5.74) is 0.914. The lowest BCUT2D eigenvalue weighted by Crippen LogP contribution is -2.30. The maximum absolute atomic E-state index is 11.9. The van der Waals surface area contributed by atoms with Gasteiger partial charge in [-0.2, -0.15) is 0 Å². The van der Waals surface area contributed by atoms with Gasteiger partial charge in [0.2, 0.25) is 10.0 Å². The number of likely N-dealkylation sites (N-methyl/N-ethyl adjacent to an activating group) is 1. The minimum Gasteiger partial charge on any atom is -0.318 e. The molecule has 0 saturated carbocycles. The first-order valence-corrected chi connectivity index (χ1v) is 7.15. The van der Waals surface area contributed by atoms with Crippen molar-refractivity contribution in [1.29, 1.82) is 0 Å². The zero-order chi connectivity index (χ0) is 12.2. The average Bonchev–Trinajstić information content (AvgIpc) is 2.22. The van der Waals surface area contributed by atoms with Crippen molar-refractivity contribution in [3.8, 4) is 0 Å². The summed E-state index contributed by atoms with van der Waals surface area (Å²) < 4.78 is 26.9. The van der Waals surface area contributed by atoms with E-state index in [1.165, 1.54) is 0 Å². The van der Waals surface area contributed by atoms with Gasteiger partial charge in [-0.05, 0) is 47.6 Å². The smallest absolute Gasteiger partial charge is 0.241 e. The lowest BCUT2D eigenvalue weighted by atomic mass is 10.2. The Morgan fingerprint density at radius 1 is 1.29 bits per heavy atom. The summed E-state index contributed by atoms with van der Waals surface area (Å²) in [6, 6.07) is 5.24. The topological polar surface area (TPSA) is 58.2 Å². The van der Waals surface area contributed by atoms with Crippen LogP contribution >= 0.6 is 28.3 Å². The van der Waals surface area contributed by atoms with Gasteiger partial charge >= 0.3 is 0 Å². The molecule has 0 atom stereocenters. The highest BCUT2D eigenvalue weighted by atomic mass is 79.9. The number of hydrogen-bond donors (Lipinski definition) is 2. The Kier molecular flexibility index (Phi) is 7.27. The molecule has 0 aliphatic carbocycles. The molecule has 4 nitrogen and oxygen atoms in total. The van der Waals surface area contributed by atoms with Gasteiger partial charge in [0.15, 0.2) is 0 Å². The predicted molar refractivity (Wildman–Crippen MR) is 75.2 cm³/mol. The number of aryl methyl sites for hydroxylation is 1. The molecule has 17 heavy (non-hydrogen) atoms. The Bertz CT molecular complexity index is 465. The SMILES string of the molecule is CNCCNS(=O)(=O)c1cc(C)ccc1Br.Cl. The second-order valence-corrected chi connectivity index (χ2v) is 6.02. The minimum atomic E-state index is -3.42. The second-order valence-electron chi connectivity index (χ2n) is 3.44. The summed E-state index contributed by atoms with van der Waals surface area (Å²) in [5.74, 6) is 0. The van der Waals surface area contributed by atoms with Crippen LogP contribution in [-0.4, -0.2) is 28.6 Å². The first-order chi connectivity index (χ1) is 7.47. The summed E-state index contributed by atoms with van der Waals surface area (Å²) in [7, 11) is -1.65. The van der Waals surface area contributed by atoms with Crippen LogP contribution in [0.3, 0.4) is 0 Å². The van der Waals surface area contributed by atoms with E-state index in [0.29, 0.717) is 17.6 Å². The Labute approximate surface area is 117 Å². The van der Waals surface area contributed by atoms with Crippen molar-refractivity contribution in [2.75, 3.05) is 20.1 Å². The van der Waals surface area contributed by atoms with Crippen molar-refractivity contribution in [1.82, 2.24) is 10.0 Å². The van der Waals surface area contributed by atoms with Gasteiger partial charge in [0, 0.05) is 17.6 Å². The highest BCUT2D eigenvalue weighted by Crippen LogP contribution is 2.22. The van der Waals surface area contributed by atoms with Crippen LogP contribution < -0.4 is 10.0 Å². The van der Waals surface area contributed by atoms with E-state index < -0.39 is 10.0 Å². The van der Waals surface area contributed by atoms with Gasteiger partial charge in [-0.1, -0.05) is 6.07 Å². The Hall–Kier alpha value is -0.140. The molecule has 0 spiro atoms. The van der Waals surface area contributed by atoms with Crippen molar-refractivity contribution in [2.24, 2.45) is 0 Å². The lowest BCUT2D eigenvalue weighted by Gasteiger charge is -2.08. The summed E-state index contributed by atoms with van der Waals surface area (Å²) >= 11 is 3.24. The maximum atomic E-state index is 11.9. The molecule has 1 aromatic carbocycles. The summed E-state index contributed by atoms with van der Waals surface area (Å²) in [6.45, 7) is 2.83. The molecule has 98 valence electrons. The van der Waals surface area contributed by atoms with Gasteiger partial charge in [-0.25, -0.2) is 13.1 Å². The van der Waals surface area contributed by atoms with Crippen molar-refractivity contribution < 1.29 is 8.42 Å². The molecule has 0 fully saturated rings. The van der Waals surface area contributed by atoms with Crippen LogP contribution in [0.1, 0.15) is 5.56 Å². The van der Waals surface area contributed by atoms with E-state index >= 15 is 0 Å². The number of sulfonamides is 1. The van der Waals surface area contributed by atoms with Crippen molar-refractivity contribution in [3.63, 3.8) is 0 Å². The quantitative estimate of drug-likeness (QED) is 0.800. The van der Waals surface area contributed by atoms with Gasteiger partial charge in [0.1, 0.15) is 0 Å². The molecule has 0 radical (unpaired) electrons. The fraction of sp³-hybridized carbons (Fsp3) is 0.400. The van der Waals surface area contributed by atoms with E-state index in [9.17, 15) is 8.42 Å². The lowest BCUT2D eigenvalue weighted by molar-refractivity contribution is 0.579. The second kappa shape index (κ2) is 7.33. The van der Waals surface area contributed by atoms with E-state index in [0.717, 1.165) is 5.56 Å². The van der Waals surface area contributed by atoms with Gasteiger partial charge < -0.3 is 5.32 Å². The molecule has 2 N–H and O–H groups in total. The number of hydrogen-bond acceptors (Lipinski definition) is 3. The van der Waals surface area contributed by atoms with Gasteiger partial charge in [0.05, 0.1) is 4.90 Å². The van der Waals surface area contributed by atoms with Crippen LogP contribution in [0.2, 0.25) is 0 Å². The highest BCUT2D eigenvalue weighted by molar-refractivity contribution is 9.10. The van der Waals surface area contributed by atoms with Crippen LogP contribution in [0.15, 0.2) is 27.6 Å². The Morgan fingerprint density at radius 3 is 2.53 bits per heavy atom. The number of rotatable bonds is 5. The highest BCUT2D eigenvalue weighted by Gasteiger charge is 2.16. The van der Waals surface area contributed by atoms with Crippen LogP contribution in [-0.2, 0) is 10.0 Å². The number of nitrogens with one attached hydrogen (secondary N) is 2. The van der Waals surface area contributed by atoms with Crippen LogP contribution in [0.25, 0.3) is 0 Å². The Morgan fingerprint density at radius 2 is 1.94 bits per heavy atom. The normalized spacial score (nSPS) is 11.0. The molecule has 0 aliphatic rings. The van der Waals surface area contributed by atoms with E-state index in [1.807, 2.05) is 13.0 Å². The van der Waals surface area contributed by atoms with Crippen molar-refractivity contribution >= 4 is 38.4 Å². The maximum Gasteiger partial charge on any atom is 0.241 e. The molecule has 0 aliphatic heterocycles. The molecule has 0 saturated heterocycles. The molecular weight excluding hydrogens is 328 g/mol. The van der Waals surface area contributed by atoms with Crippen LogP contribution in [0, 0.1) is 6.92 Å². The summed E-state index contributed by atoms with van der Waals surface area (Å²) in [6.07, 6.45) is 0. The van der Waals surface area contributed by atoms with E-state index in [2.05, 4.69) is 26.0 Å². The van der Waals surface area contributed by atoms with E-state index in [1.54, 1.807) is 19.2 Å². The molecule has 1 rings (SSSR count). The largest absolute Gasteiger partial charge is 0.318 e. The molecule has 1 aromatic rings. The van der Waals surface area contributed by atoms with Crippen LogP contribution in [0.4, 0.5) is 0 Å². The van der Waals surface area contributed by atoms with Crippen molar-refractivity contribution in [2.45, 2.75) is 11.8 Å². The van der Waals surface area contributed by atoms with E-state index in [4.69, 9.17) is 0 Å². The minimum absolute atomic E-state index is 0. The molecule has 0 heterocycles. The number of benzene rings is 1. The zero-order valence-corrected chi connectivity index (χ0v) is 12.9. The molecule has 0 unspecified atom stereocenters. The molecule has 0 aromatic heterocycles. The van der Waals surface area contributed by atoms with Crippen molar-refractivity contribution in [3.05, 3.63) is 28.2 Å². The van der Waals surface area contributed by atoms with Gasteiger partial charge in [-0.3, -0.25) is 0 Å². The average molecular weight is 344 g/mol. The molecule has 0 amide bonds. The van der Waals surface area contributed by atoms with Crippen LogP contribution in [0.5, 0.6) is 0 Å². The third-order valence-corrected chi connectivity index (χ3v) is 4.50. The first kappa shape index (κ1) is 16.9. The summed E-state index contributed by atoms with van der Waals surface area (Å²) in [5, 5.41) is 2.88. The first-order valence-electron chi connectivity index (χ1n) is 4.88. The predicted octanol–water partition coefficient (Wildman–Crippen LogP) is 1.68. The fourth-order valence-corrected chi connectivity index (χ4v) is 3.28. The molecule has 7 heteroatoms. The Balaban J connectivity index is 0.00000256. The standard InChI is InChI=1S/C10H15BrN2O2S.ClH/c1-8-3-4-9(11)10(7-8)16(14,15)13-6-5-12-2;/h3-4,7,12-13H,5-6H2,1-2H3;1H. The fourth-order valence-electron chi connectivity index (χ4n) is 1.20. The third kappa shape index (κ3) is 4.93. The molecule has 0 bridgehead atoms. The van der Waals surface area contributed by atoms with E-state index in [-0.39, 0.29) is 17.3 Å². The molecular formula is C10H16BrClN2O2S. The van der Waals surface area contributed by atoms with Gasteiger partial charge in [0.25, 0.3) is 0 Å². The zero-order valence-electron chi connectivity index (χ0n) is 9.66. The summed E-state index contributed by atoms with van der Waals surface area (Å²) in [4.78, 5) is 0.281. The monoisotopic (exact) mass is 342 g/mol. The third-order valence-electron chi connectivity index (χ3n) is 2.04. The van der Waals surface area contributed by atoms with Gasteiger partial charge in [-0.15, -0.1) is 12.4 Å². The number of halogens is 2.